The minimum atomic E-state index is 0.826. The summed E-state index contributed by atoms with van der Waals surface area (Å²) in [5, 5.41) is 0. The summed E-state index contributed by atoms with van der Waals surface area (Å²) >= 11 is 0. The molecular formula is C25H25N. The molecule has 3 rings (SSSR count). The van der Waals surface area contributed by atoms with Gasteiger partial charge in [0.25, 0.3) is 0 Å². The van der Waals surface area contributed by atoms with Crippen LogP contribution < -0.4 is 4.90 Å². The first-order valence-corrected chi connectivity index (χ1v) is 9.02. The van der Waals surface area contributed by atoms with Gasteiger partial charge in [0.2, 0.25) is 0 Å². The Morgan fingerprint density at radius 2 is 1.35 bits per heavy atom. The SMILES string of the molecule is C=CCc1cccc(N(Cc2ccccc2)c2ccccc2)c1CC=C. The molecule has 0 fully saturated rings. The fourth-order valence-corrected chi connectivity index (χ4v) is 3.29. The van der Waals surface area contributed by atoms with Gasteiger partial charge in [-0.3, -0.25) is 0 Å². The Bertz CT molecular complexity index is 850. The van der Waals surface area contributed by atoms with E-state index in [0.29, 0.717) is 0 Å². The molecule has 26 heavy (non-hydrogen) atoms. The lowest BCUT2D eigenvalue weighted by Crippen LogP contribution is -2.18. The van der Waals surface area contributed by atoms with E-state index in [1.54, 1.807) is 0 Å². The van der Waals surface area contributed by atoms with Gasteiger partial charge in [-0.15, -0.1) is 13.2 Å². The van der Waals surface area contributed by atoms with E-state index in [-0.39, 0.29) is 0 Å². The van der Waals surface area contributed by atoms with E-state index in [1.165, 1.54) is 28.1 Å². The lowest BCUT2D eigenvalue weighted by molar-refractivity contribution is 0.957. The van der Waals surface area contributed by atoms with E-state index in [1.807, 2.05) is 12.2 Å². The average Bonchev–Trinajstić information content (AvgIpc) is 2.69. The number of anilines is 2. The smallest absolute Gasteiger partial charge is 0.0481 e. The number of allylic oxidation sites excluding steroid dienone is 2. The molecule has 0 aliphatic heterocycles. The zero-order valence-electron chi connectivity index (χ0n) is 15.1. The molecule has 0 heterocycles. The van der Waals surface area contributed by atoms with Gasteiger partial charge in [-0.25, -0.2) is 0 Å². The molecule has 0 radical (unpaired) electrons. The molecule has 0 N–H and O–H groups in total. The molecule has 0 atom stereocenters. The first-order chi connectivity index (χ1) is 12.8. The van der Waals surface area contributed by atoms with E-state index in [9.17, 15) is 0 Å². The summed E-state index contributed by atoms with van der Waals surface area (Å²) in [6.07, 6.45) is 5.66. The van der Waals surface area contributed by atoms with Gasteiger partial charge in [0.15, 0.2) is 0 Å². The predicted octanol–water partition coefficient (Wildman–Crippen LogP) is 6.48. The Morgan fingerprint density at radius 1 is 0.692 bits per heavy atom. The minimum absolute atomic E-state index is 0.826. The van der Waals surface area contributed by atoms with Gasteiger partial charge in [0.05, 0.1) is 0 Å². The van der Waals surface area contributed by atoms with Crippen LogP contribution in [-0.2, 0) is 19.4 Å². The van der Waals surface area contributed by atoms with E-state index >= 15 is 0 Å². The molecule has 0 unspecified atom stereocenters. The molecule has 130 valence electrons. The van der Waals surface area contributed by atoms with E-state index in [4.69, 9.17) is 0 Å². The van der Waals surface area contributed by atoms with Crippen LogP contribution in [0.4, 0.5) is 11.4 Å². The molecule has 3 aromatic carbocycles. The van der Waals surface area contributed by atoms with Crippen LogP contribution in [0.1, 0.15) is 16.7 Å². The summed E-state index contributed by atoms with van der Waals surface area (Å²) in [5.41, 5.74) is 6.35. The van der Waals surface area contributed by atoms with Crippen molar-refractivity contribution in [2.24, 2.45) is 0 Å². The van der Waals surface area contributed by atoms with Crippen molar-refractivity contribution in [1.29, 1.82) is 0 Å². The largest absolute Gasteiger partial charge is 0.337 e. The minimum Gasteiger partial charge on any atom is -0.337 e. The first kappa shape index (κ1) is 17.8. The maximum absolute atomic E-state index is 3.97. The van der Waals surface area contributed by atoms with Crippen LogP contribution in [-0.4, -0.2) is 0 Å². The van der Waals surface area contributed by atoms with Crippen molar-refractivity contribution in [3.05, 3.63) is 121 Å². The predicted molar refractivity (Wildman–Crippen MR) is 113 cm³/mol. The van der Waals surface area contributed by atoms with E-state index < -0.39 is 0 Å². The number of hydrogen-bond acceptors (Lipinski definition) is 1. The number of rotatable bonds is 8. The molecular weight excluding hydrogens is 314 g/mol. The second kappa shape index (κ2) is 8.87. The summed E-state index contributed by atoms with van der Waals surface area (Å²) in [4.78, 5) is 2.39. The second-order valence-corrected chi connectivity index (χ2v) is 6.31. The number of benzene rings is 3. The Morgan fingerprint density at radius 3 is 2.00 bits per heavy atom. The van der Waals surface area contributed by atoms with Gasteiger partial charge in [-0.1, -0.05) is 72.8 Å². The third-order valence-electron chi connectivity index (χ3n) is 4.50. The van der Waals surface area contributed by atoms with Crippen molar-refractivity contribution in [1.82, 2.24) is 0 Å². The lowest BCUT2D eigenvalue weighted by Gasteiger charge is -2.28. The maximum atomic E-state index is 3.97. The molecule has 0 spiro atoms. The zero-order valence-corrected chi connectivity index (χ0v) is 15.1. The first-order valence-electron chi connectivity index (χ1n) is 9.02. The van der Waals surface area contributed by atoms with Crippen molar-refractivity contribution < 1.29 is 0 Å². The highest BCUT2D eigenvalue weighted by Crippen LogP contribution is 2.33. The Balaban J connectivity index is 2.11. The van der Waals surface area contributed by atoms with Crippen LogP contribution in [0.2, 0.25) is 0 Å². The topological polar surface area (TPSA) is 3.24 Å². The maximum Gasteiger partial charge on any atom is 0.0481 e. The van der Waals surface area contributed by atoms with Crippen molar-refractivity contribution >= 4 is 11.4 Å². The Kier molecular flexibility index (Phi) is 6.05. The fraction of sp³-hybridized carbons (Fsp3) is 0.120. The third kappa shape index (κ3) is 4.12. The van der Waals surface area contributed by atoms with E-state index in [2.05, 4.69) is 96.9 Å². The fourth-order valence-electron chi connectivity index (χ4n) is 3.29. The van der Waals surface area contributed by atoms with Crippen LogP contribution in [0.3, 0.4) is 0 Å². The van der Waals surface area contributed by atoms with Crippen LogP contribution in [0.15, 0.2) is 104 Å². The molecule has 1 heteroatoms. The highest BCUT2D eigenvalue weighted by atomic mass is 15.1. The van der Waals surface area contributed by atoms with Crippen molar-refractivity contribution in [2.75, 3.05) is 4.90 Å². The molecule has 3 aromatic rings. The van der Waals surface area contributed by atoms with Gasteiger partial charge < -0.3 is 4.90 Å². The molecule has 0 bridgehead atoms. The zero-order chi connectivity index (χ0) is 18.2. The van der Waals surface area contributed by atoms with Crippen LogP contribution in [0.5, 0.6) is 0 Å². The van der Waals surface area contributed by atoms with Gasteiger partial charge in [-0.2, -0.15) is 0 Å². The molecule has 0 aliphatic carbocycles. The standard InChI is InChI=1S/C25H25N/c1-3-12-22-16-11-19-25(24(22)13-4-2)26(23-17-9-6-10-18-23)20-21-14-7-5-8-15-21/h3-11,14-19H,1-2,12-13,20H2. The Hall–Kier alpha value is -3.06. The van der Waals surface area contributed by atoms with Gasteiger partial charge in [-0.05, 0) is 47.7 Å². The number of para-hydroxylation sites is 1. The van der Waals surface area contributed by atoms with Gasteiger partial charge in [0.1, 0.15) is 0 Å². The highest BCUT2D eigenvalue weighted by Gasteiger charge is 2.15. The molecule has 1 nitrogen and oxygen atoms in total. The summed E-state index contributed by atoms with van der Waals surface area (Å²) in [6.45, 7) is 8.71. The van der Waals surface area contributed by atoms with Gasteiger partial charge >= 0.3 is 0 Å². The summed E-state index contributed by atoms with van der Waals surface area (Å²) < 4.78 is 0. The average molecular weight is 339 g/mol. The van der Waals surface area contributed by atoms with Crippen LogP contribution in [0.25, 0.3) is 0 Å². The number of hydrogen-bond donors (Lipinski definition) is 0. The van der Waals surface area contributed by atoms with Crippen LogP contribution >= 0.6 is 0 Å². The monoisotopic (exact) mass is 339 g/mol. The lowest BCUT2D eigenvalue weighted by atomic mass is 9.98. The van der Waals surface area contributed by atoms with Crippen molar-refractivity contribution in [2.45, 2.75) is 19.4 Å². The molecule has 0 aliphatic rings. The number of nitrogens with zero attached hydrogens (tertiary/aromatic N) is 1. The highest BCUT2D eigenvalue weighted by molar-refractivity contribution is 5.68. The van der Waals surface area contributed by atoms with Crippen molar-refractivity contribution in [3.8, 4) is 0 Å². The van der Waals surface area contributed by atoms with E-state index in [0.717, 1.165) is 19.4 Å². The van der Waals surface area contributed by atoms with Crippen LogP contribution in [0, 0.1) is 0 Å². The molecule has 0 saturated carbocycles. The Labute approximate surface area is 156 Å². The summed E-state index contributed by atoms with van der Waals surface area (Å²) in [6, 6.07) is 27.7. The normalized spacial score (nSPS) is 10.3. The van der Waals surface area contributed by atoms with Crippen molar-refractivity contribution in [3.63, 3.8) is 0 Å². The summed E-state index contributed by atoms with van der Waals surface area (Å²) in [7, 11) is 0. The molecule has 0 amide bonds. The molecule has 0 aromatic heterocycles. The van der Waals surface area contributed by atoms with Gasteiger partial charge in [0, 0.05) is 17.9 Å². The third-order valence-corrected chi connectivity index (χ3v) is 4.50. The second-order valence-electron chi connectivity index (χ2n) is 6.31. The quantitative estimate of drug-likeness (QED) is 0.424. The molecule has 0 saturated heterocycles. The summed E-state index contributed by atoms with van der Waals surface area (Å²) in [5.74, 6) is 0.